The first kappa shape index (κ1) is 28.5. The summed E-state index contributed by atoms with van der Waals surface area (Å²) in [5.41, 5.74) is 1.21. The summed E-state index contributed by atoms with van der Waals surface area (Å²) in [6, 6.07) is 8.68. The molecule has 0 saturated heterocycles. The number of carbonyl (C=O) groups is 1. The number of halogens is 1. The first-order valence-electron chi connectivity index (χ1n) is 11.7. The van der Waals surface area contributed by atoms with Gasteiger partial charge in [-0.1, -0.05) is 26.0 Å². The Kier molecular flexibility index (Phi) is 14.4. The molecule has 182 valence electrons. The van der Waals surface area contributed by atoms with Gasteiger partial charge in [0.05, 0.1) is 0 Å². The molecule has 32 heavy (non-hydrogen) atoms. The molecule has 1 saturated carbocycles. The molecule has 2 rings (SSSR count). The molecule has 1 amide bonds. The maximum absolute atomic E-state index is 11.7. The molecule has 7 nitrogen and oxygen atoms in total. The van der Waals surface area contributed by atoms with Gasteiger partial charge in [-0.05, 0) is 76.4 Å². The van der Waals surface area contributed by atoms with E-state index in [0.717, 1.165) is 63.6 Å². The number of hydrogen-bond donors (Lipinski definition) is 3. The summed E-state index contributed by atoms with van der Waals surface area (Å²) in [5.74, 6) is 1.52. The second kappa shape index (κ2) is 16.1. The molecule has 0 heterocycles. The molecule has 0 radical (unpaired) electrons. The van der Waals surface area contributed by atoms with E-state index in [1.165, 1.54) is 12.0 Å². The molecular formula is C24H42IN5O2. The summed E-state index contributed by atoms with van der Waals surface area (Å²) in [6.45, 7) is 10.9. The minimum Gasteiger partial charge on any atom is -0.484 e. The van der Waals surface area contributed by atoms with Gasteiger partial charge in [0, 0.05) is 25.7 Å². The monoisotopic (exact) mass is 559 g/mol. The lowest BCUT2D eigenvalue weighted by Crippen LogP contribution is -2.43. The van der Waals surface area contributed by atoms with E-state index in [0.29, 0.717) is 12.1 Å². The summed E-state index contributed by atoms with van der Waals surface area (Å²) >= 11 is 0. The largest absolute Gasteiger partial charge is 0.484 e. The van der Waals surface area contributed by atoms with Gasteiger partial charge >= 0.3 is 0 Å². The normalized spacial score (nSPS) is 14.5. The van der Waals surface area contributed by atoms with Crippen molar-refractivity contribution >= 4 is 35.8 Å². The fourth-order valence-electron chi connectivity index (χ4n) is 3.38. The quantitative estimate of drug-likeness (QED) is 0.186. The van der Waals surface area contributed by atoms with Crippen LogP contribution in [0.2, 0.25) is 0 Å². The van der Waals surface area contributed by atoms with Crippen LogP contribution in [0, 0.1) is 0 Å². The number of ether oxygens (including phenoxy) is 1. The molecule has 8 heteroatoms. The van der Waals surface area contributed by atoms with Gasteiger partial charge < -0.3 is 25.6 Å². The van der Waals surface area contributed by atoms with E-state index in [4.69, 9.17) is 4.74 Å². The van der Waals surface area contributed by atoms with Gasteiger partial charge in [-0.25, -0.2) is 0 Å². The Morgan fingerprint density at radius 2 is 1.91 bits per heavy atom. The van der Waals surface area contributed by atoms with Crippen LogP contribution >= 0.6 is 24.0 Å². The van der Waals surface area contributed by atoms with Crippen LogP contribution in [-0.2, 0) is 11.2 Å². The number of benzene rings is 1. The Morgan fingerprint density at radius 1 is 1.22 bits per heavy atom. The minimum atomic E-state index is -0.0445. The predicted molar refractivity (Wildman–Crippen MR) is 143 cm³/mol. The van der Waals surface area contributed by atoms with Crippen molar-refractivity contribution in [3.63, 3.8) is 0 Å². The van der Waals surface area contributed by atoms with E-state index >= 15 is 0 Å². The Labute approximate surface area is 211 Å². The Hall–Kier alpha value is -1.55. The highest BCUT2D eigenvalue weighted by Gasteiger charge is 2.23. The maximum atomic E-state index is 11.7. The fourth-order valence-corrected chi connectivity index (χ4v) is 3.38. The van der Waals surface area contributed by atoms with Crippen LogP contribution in [0.1, 0.15) is 52.0 Å². The van der Waals surface area contributed by atoms with Crippen molar-refractivity contribution in [3.8, 4) is 5.75 Å². The van der Waals surface area contributed by atoms with Crippen molar-refractivity contribution in [2.75, 3.05) is 39.8 Å². The summed E-state index contributed by atoms with van der Waals surface area (Å²) < 4.78 is 5.56. The molecular weight excluding hydrogens is 517 g/mol. The summed E-state index contributed by atoms with van der Waals surface area (Å²) in [6.07, 6.45) is 5.37. The Bertz CT molecular complexity index is 675. The van der Waals surface area contributed by atoms with Gasteiger partial charge in [-0.15, -0.1) is 24.0 Å². The zero-order valence-electron chi connectivity index (χ0n) is 20.2. The van der Waals surface area contributed by atoms with Crippen molar-refractivity contribution in [3.05, 3.63) is 29.8 Å². The van der Waals surface area contributed by atoms with Crippen molar-refractivity contribution < 1.29 is 9.53 Å². The highest BCUT2D eigenvalue weighted by Crippen LogP contribution is 2.18. The predicted octanol–water partition coefficient (Wildman–Crippen LogP) is 3.18. The van der Waals surface area contributed by atoms with E-state index in [2.05, 4.69) is 46.6 Å². The molecule has 1 unspecified atom stereocenters. The summed E-state index contributed by atoms with van der Waals surface area (Å²) in [5, 5.41) is 9.80. The molecule has 1 aromatic carbocycles. The smallest absolute Gasteiger partial charge is 0.258 e. The SMILES string of the molecule is CCN(CC)CCCC(C)NC(=NC)NCCc1ccc(OCC(=O)NC2CC2)cc1.I. The van der Waals surface area contributed by atoms with Crippen molar-refractivity contribution in [2.45, 2.75) is 65.0 Å². The zero-order chi connectivity index (χ0) is 22.5. The van der Waals surface area contributed by atoms with Crippen LogP contribution in [0.3, 0.4) is 0 Å². The maximum Gasteiger partial charge on any atom is 0.258 e. The molecule has 0 aromatic heterocycles. The fraction of sp³-hybridized carbons (Fsp3) is 0.667. The van der Waals surface area contributed by atoms with E-state index in [1.807, 2.05) is 31.3 Å². The average Bonchev–Trinajstić information content (AvgIpc) is 3.59. The van der Waals surface area contributed by atoms with E-state index in [1.54, 1.807) is 0 Å². The molecule has 1 fully saturated rings. The van der Waals surface area contributed by atoms with Gasteiger partial charge in [0.15, 0.2) is 12.6 Å². The molecule has 1 aromatic rings. The van der Waals surface area contributed by atoms with Gasteiger partial charge in [0.25, 0.3) is 5.91 Å². The summed E-state index contributed by atoms with van der Waals surface area (Å²) in [4.78, 5) is 18.5. The first-order valence-corrected chi connectivity index (χ1v) is 11.7. The molecule has 1 aliphatic rings. The number of rotatable bonds is 14. The molecule has 0 bridgehead atoms. The van der Waals surface area contributed by atoms with Gasteiger partial charge in [0.1, 0.15) is 5.75 Å². The second-order valence-corrected chi connectivity index (χ2v) is 8.24. The Balaban J connectivity index is 0.00000512. The van der Waals surface area contributed by atoms with E-state index in [-0.39, 0.29) is 36.5 Å². The lowest BCUT2D eigenvalue weighted by Gasteiger charge is -2.21. The minimum absolute atomic E-state index is 0. The van der Waals surface area contributed by atoms with E-state index in [9.17, 15) is 4.79 Å². The number of amides is 1. The number of hydrogen-bond acceptors (Lipinski definition) is 4. The third-order valence-corrected chi connectivity index (χ3v) is 5.55. The molecule has 3 N–H and O–H groups in total. The van der Waals surface area contributed by atoms with Crippen LogP contribution in [0.15, 0.2) is 29.3 Å². The van der Waals surface area contributed by atoms with Crippen molar-refractivity contribution in [1.29, 1.82) is 0 Å². The third kappa shape index (κ3) is 11.9. The number of nitrogens with zero attached hydrogens (tertiary/aromatic N) is 2. The average molecular weight is 560 g/mol. The van der Waals surface area contributed by atoms with Gasteiger partial charge in [-0.2, -0.15) is 0 Å². The van der Waals surface area contributed by atoms with Crippen molar-refractivity contribution in [2.24, 2.45) is 4.99 Å². The van der Waals surface area contributed by atoms with Crippen LogP contribution in [0.25, 0.3) is 0 Å². The third-order valence-electron chi connectivity index (χ3n) is 5.55. The molecule has 0 aliphatic heterocycles. The lowest BCUT2D eigenvalue weighted by molar-refractivity contribution is -0.123. The van der Waals surface area contributed by atoms with Gasteiger partial charge in [-0.3, -0.25) is 9.79 Å². The van der Waals surface area contributed by atoms with E-state index < -0.39 is 0 Å². The van der Waals surface area contributed by atoms with Crippen molar-refractivity contribution in [1.82, 2.24) is 20.9 Å². The number of aliphatic imine (C=N–C) groups is 1. The topological polar surface area (TPSA) is 78.0 Å². The van der Waals surface area contributed by atoms with Crippen LogP contribution < -0.4 is 20.7 Å². The molecule has 1 aliphatic carbocycles. The molecule has 0 spiro atoms. The molecule has 1 atom stereocenters. The number of carbonyl (C=O) groups excluding carboxylic acids is 1. The number of guanidine groups is 1. The Morgan fingerprint density at radius 3 is 2.50 bits per heavy atom. The zero-order valence-corrected chi connectivity index (χ0v) is 22.5. The van der Waals surface area contributed by atoms with Gasteiger partial charge in [0.2, 0.25) is 0 Å². The second-order valence-electron chi connectivity index (χ2n) is 8.24. The first-order chi connectivity index (χ1) is 15.0. The highest BCUT2D eigenvalue weighted by molar-refractivity contribution is 14.0. The number of nitrogens with one attached hydrogen (secondary N) is 3. The standard InChI is InChI=1S/C24H41N5O2.HI/c1-5-29(6-2)17-7-8-19(3)27-24(25-4)26-16-15-20-9-13-22(14-10-20)31-18-23(30)28-21-11-12-21;/h9-10,13-14,19,21H,5-8,11-12,15-18H2,1-4H3,(H,28,30)(H2,25,26,27);1H. The highest BCUT2D eigenvalue weighted by atomic mass is 127. The van der Waals surface area contributed by atoms with Crippen LogP contribution in [0.5, 0.6) is 5.75 Å². The lowest BCUT2D eigenvalue weighted by atomic mass is 10.1. The van der Waals surface area contributed by atoms with Crippen LogP contribution in [0.4, 0.5) is 0 Å². The van der Waals surface area contributed by atoms with Crippen LogP contribution in [-0.4, -0.2) is 68.7 Å². The summed E-state index contributed by atoms with van der Waals surface area (Å²) in [7, 11) is 1.81.